The molecule has 0 aliphatic heterocycles. The number of hydrogen-bond acceptors (Lipinski definition) is 4. The molecule has 0 spiro atoms. The molecule has 1 amide bonds. The molecule has 152 valence electrons. The van der Waals surface area contributed by atoms with Gasteiger partial charge < -0.3 is 10.1 Å². The van der Waals surface area contributed by atoms with Crippen LogP contribution in [-0.4, -0.2) is 33.7 Å². The number of methoxy groups -OCH3 is 1. The Bertz CT molecular complexity index is 980. The van der Waals surface area contributed by atoms with Gasteiger partial charge in [-0.05, 0) is 49.2 Å². The highest BCUT2D eigenvalue weighted by atomic mass is 35.5. The average molecular weight is 445 g/mol. The van der Waals surface area contributed by atoms with Crippen LogP contribution in [-0.2, 0) is 14.8 Å². The zero-order chi connectivity index (χ0) is 21.1. The van der Waals surface area contributed by atoms with Crippen LogP contribution in [0.1, 0.15) is 18.9 Å². The molecule has 0 bridgehead atoms. The highest BCUT2D eigenvalue weighted by Crippen LogP contribution is 2.31. The summed E-state index contributed by atoms with van der Waals surface area (Å²) in [5.41, 5.74) is 1.39. The van der Waals surface area contributed by atoms with Gasteiger partial charge in [0.25, 0.3) is 0 Å². The molecule has 0 heterocycles. The second-order valence-electron chi connectivity index (χ2n) is 6.25. The van der Waals surface area contributed by atoms with Crippen molar-refractivity contribution in [3.05, 3.63) is 52.0 Å². The van der Waals surface area contributed by atoms with E-state index in [4.69, 9.17) is 27.9 Å². The van der Waals surface area contributed by atoms with Crippen LogP contribution in [0, 0.1) is 6.92 Å². The van der Waals surface area contributed by atoms with Gasteiger partial charge in [-0.2, -0.15) is 0 Å². The normalized spacial score (nSPS) is 12.4. The number of sulfonamides is 1. The number of carbonyl (C=O) groups is 1. The van der Waals surface area contributed by atoms with Crippen molar-refractivity contribution >= 4 is 50.5 Å². The van der Waals surface area contributed by atoms with Gasteiger partial charge >= 0.3 is 0 Å². The summed E-state index contributed by atoms with van der Waals surface area (Å²) in [5, 5.41) is 3.51. The molecule has 1 atom stereocenters. The highest BCUT2D eigenvalue weighted by Gasteiger charge is 2.33. The van der Waals surface area contributed by atoms with Crippen LogP contribution in [0.4, 0.5) is 11.4 Å². The van der Waals surface area contributed by atoms with Crippen molar-refractivity contribution in [3.63, 3.8) is 0 Å². The second kappa shape index (κ2) is 9.03. The monoisotopic (exact) mass is 444 g/mol. The number of carbonyl (C=O) groups excluding carboxylic acids is 1. The molecule has 6 nitrogen and oxygen atoms in total. The summed E-state index contributed by atoms with van der Waals surface area (Å²) < 4.78 is 31.5. The van der Waals surface area contributed by atoms with Crippen LogP contribution in [0.2, 0.25) is 10.0 Å². The number of rotatable bonds is 7. The van der Waals surface area contributed by atoms with Crippen molar-refractivity contribution in [3.8, 4) is 5.75 Å². The molecule has 1 unspecified atom stereocenters. The molecule has 28 heavy (non-hydrogen) atoms. The first-order chi connectivity index (χ1) is 13.1. The Morgan fingerprint density at radius 3 is 2.36 bits per heavy atom. The number of benzene rings is 2. The standard InChI is InChI=1S/C19H22Cl2N2O4S/c1-5-16(19(24)22-15-10-13(20)8-9-18(15)27-3)23(28(4,25)26)17-11-14(21)7-6-12(17)2/h6-11,16H,5H2,1-4H3,(H,22,24). The lowest BCUT2D eigenvalue weighted by Crippen LogP contribution is -2.47. The largest absolute Gasteiger partial charge is 0.495 e. The third kappa shape index (κ3) is 5.10. The fraction of sp³-hybridized carbons (Fsp3) is 0.316. The molecule has 0 aliphatic carbocycles. The minimum absolute atomic E-state index is 0.244. The van der Waals surface area contributed by atoms with Gasteiger partial charge in [0, 0.05) is 10.0 Å². The molecule has 2 rings (SSSR count). The fourth-order valence-corrected chi connectivity index (χ4v) is 4.45. The summed E-state index contributed by atoms with van der Waals surface area (Å²) in [4.78, 5) is 13.0. The van der Waals surface area contributed by atoms with Crippen LogP contribution in [0.3, 0.4) is 0 Å². The fourth-order valence-electron chi connectivity index (χ4n) is 2.85. The summed E-state index contributed by atoms with van der Waals surface area (Å²) >= 11 is 12.1. The zero-order valence-corrected chi connectivity index (χ0v) is 18.3. The van der Waals surface area contributed by atoms with Gasteiger partial charge in [-0.15, -0.1) is 0 Å². The number of halogens is 2. The van der Waals surface area contributed by atoms with Crippen molar-refractivity contribution in [2.24, 2.45) is 0 Å². The molecule has 9 heteroatoms. The van der Waals surface area contributed by atoms with Crippen LogP contribution < -0.4 is 14.4 Å². The Balaban J connectivity index is 2.48. The van der Waals surface area contributed by atoms with E-state index in [0.29, 0.717) is 32.7 Å². The Morgan fingerprint density at radius 2 is 1.79 bits per heavy atom. The summed E-state index contributed by atoms with van der Waals surface area (Å²) in [5.74, 6) is -0.0923. The van der Waals surface area contributed by atoms with Gasteiger partial charge in [0.05, 0.1) is 24.7 Å². The van der Waals surface area contributed by atoms with Crippen molar-refractivity contribution in [2.45, 2.75) is 26.3 Å². The molecule has 2 aromatic carbocycles. The van der Waals surface area contributed by atoms with E-state index < -0.39 is 22.0 Å². The quantitative estimate of drug-likeness (QED) is 0.681. The van der Waals surface area contributed by atoms with E-state index in [0.717, 1.165) is 10.6 Å². The number of anilines is 2. The number of hydrogen-bond donors (Lipinski definition) is 1. The smallest absolute Gasteiger partial charge is 0.248 e. The first kappa shape index (κ1) is 22.3. The van der Waals surface area contributed by atoms with E-state index in [-0.39, 0.29) is 6.42 Å². The van der Waals surface area contributed by atoms with Crippen molar-refractivity contribution in [1.29, 1.82) is 0 Å². The molecule has 0 aliphatic rings. The maximum Gasteiger partial charge on any atom is 0.248 e. The SMILES string of the molecule is CCC(C(=O)Nc1cc(Cl)ccc1OC)N(c1cc(Cl)ccc1C)S(C)(=O)=O. The summed E-state index contributed by atoms with van der Waals surface area (Å²) in [7, 11) is -2.31. The van der Waals surface area contributed by atoms with E-state index in [9.17, 15) is 13.2 Å². The Hall–Kier alpha value is -1.96. The molecule has 0 radical (unpaired) electrons. The third-order valence-electron chi connectivity index (χ3n) is 4.16. The van der Waals surface area contributed by atoms with E-state index in [1.165, 1.54) is 13.2 Å². The van der Waals surface area contributed by atoms with Gasteiger partial charge in [-0.1, -0.05) is 36.2 Å². The van der Waals surface area contributed by atoms with E-state index in [2.05, 4.69) is 5.32 Å². The highest BCUT2D eigenvalue weighted by molar-refractivity contribution is 7.92. The van der Waals surface area contributed by atoms with Gasteiger partial charge in [0.15, 0.2) is 0 Å². The lowest BCUT2D eigenvalue weighted by atomic mass is 10.1. The number of ether oxygens (including phenoxy) is 1. The Kier molecular flexibility index (Phi) is 7.20. The van der Waals surface area contributed by atoms with E-state index >= 15 is 0 Å². The number of nitrogens with one attached hydrogen (secondary N) is 1. The van der Waals surface area contributed by atoms with Crippen molar-refractivity contribution in [1.82, 2.24) is 0 Å². The number of aryl methyl sites for hydroxylation is 1. The molecule has 0 aromatic heterocycles. The molecular weight excluding hydrogens is 423 g/mol. The number of nitrogens with zero attached hydrogens (tertiary/aromatic N) is 1. The topological polar surface area (TPSA) is 75.7 Å². The predicted molar refractivity (Wildman–Crippen MR) is 114 cm³/mol. The molecule has 0 saturated carbocycles. The third-order valence-corrected chi connectivity index (χ3v) is 5.79. The summed E-state index contributed by atoms with van der Waals surface area (Å²) in [6.07, 6.45) is 1.30. The minimum Gasteiger partial charge on any atom is -0.495 e. The minimum atomic E-state index is -3.77. The molecule has 0 saturated heterocycles. The Labute approximate surface area is 175 Å². The van der Waals surface area contributed by atoms with Crippen LogP contribution in [0.25, 0.3) is 0 Å². The van der Waals surface area contributed by atoms with Gasteiger partial charge in [0.2, 0.25) is 15.9 Å². The van der Waals surface area contributed by atoms with E-state index in [1.54, 1.807) is 44.2 Å². The molecule has 2 aromatic rings. The second-order valence-corrected chi connectivity index (χ2v) is 8.98. The lowest BCUT2D eigenvalue weighted by Gasteiger charge is -2.31. The average Bonchev–Trinajstić information content (AvgIpc) is 2.61. The van der Waals surface area contributed by atoms with Gasteiger partial charge in [-0.3, -0.25) is 9.10 Å². The maximum atomic E-state index is 13.0. The first-order valence-corrected chi connectivity index (χ1v) is 11.1. The van der Waals surface area contributed by atoms with Crippen LogP contribution >= 0.6 is 23.2 Å². The van der Waals surface area contributed by atoms with Crippen LogP contribution in [0.5, 0.6) is 5.75 Å². The molecular formula is C19H22Cl2N2O4S. The summed E-state index contributed by atoms with van der Waals surface area (Å²) in [6, 6.07) is 8.71. The lowest BCUT2D eigenvalue weighted by molar-refractivity contribution is -0.117. The Morgan fingerprint density at radius 1 is 1.18 bits per heavy atom. The zero-order valence-electron chi connectivity index (χ0n) is 16.0. The van der Waals surface area contributed by atoms with Gasteiger partial charge in [-0.25, -0.2) is 8.42 Å². The van der Waals surface area contributed by atoms with Crippen molar-refractivity contribution < 1.29 is 17.9 Å². The number of amides is 1. The van der Waals surface area contributed by atoms with E-state index in [1.807, 2.05) is 0 Å². The maximum absolute atomic E-state index is 13.0. The van der Waals surface area contributed by atoms with Crippen molar-refractivity contribution in [2.75, 3.05) is 23.0 Å². The molecule has 0 fully saturated rings. The van der Waals surface area contributed by atoms with Crippen LogP contribution in [0.15, 0.2) is 36.4 Å². The summed E-state index contributed by atoms with van der Waals surface area (Å²) in [6.45, 7) is 3.49. The van der Waals surface area contributed by atoms with Gasteiger partial charge in [0.1, 0.15) is 11.8 Å². The molecule has 1 N–H and O–H groups in total. The predicted octanol–water partition coefficient (Wildman–Crippen LogP) is 4.49. The first-order valence-electron chi connectivity index (χ1n) is 8.48.